The first kappa shape index (κ1) is 26.0. The van der Waals surface area contributed by atoms with E-state index in [1.54, 1.807) is 26.5 Å². The number of ether oxygens (including phenoxy) is 1. The maximum atomic E-state index is 13.9. The Morgan fingerprint density at radius 3 is 2.49 bits per heavy atom. The predicted molar refractivity (Wildman–Crippen MR) is 158 cm³/mol. The van der Waals surface area contributed by atoms with Crippen molar-refractivity contribution in [1.82, 2.24) is 24.4 Å². The van der Waals surface area contributed by atoms with E-state index in [4.69, 9.17) is 4.74 Å². The van der Waals surface area contributed by atoms with E-state index in [9.17, 15) is 9.59 Å². The molecule has 3 aromatic carbocycles. The molecule has 1 amide bonds. The average molecular weight is 544 g/mol. The Morgan fingerprint density at radius 1 is 0.951 bits per heavy atom. The molecule has 0 unspecified atom stereocenters. The number of hydrogen-bond donors (Lipinski definition) is 1. The smallest absolute Gasteiger partial charge is 0.270 e. The third kappa shape index (κ3) is 5.07. The number of hydrogen-bond acceptors (Lipinski definition) is 5. The molecule has 41 heavy (non-hydrogen) atoms. The van der Waals surface area contributed by atoms with Crippen LogP contribution in [0.5, 0.6) is 5.75 Å². The van der Waals surface area contributed by atoms with Crippen molar-refractivity contribution in [2.24, 2.45) is 0 Å². The minimum absolute atomic E-state index is 0.221. The Morgan fingerprint density at radius 2 is 1.73 bits per heavy atom. The molecule has 6 aromatic rings. The summed E-state index contributed by atoms with van der Waals surface area (Å²) in [6.45, 7) is 3.00. The number of amides is 1. The van der Waals surface area contributed by atoms with Gasteiger partial charge in [-0.05, 0) is 36.2 Å². The van der Waals surface area contributed by atoms with Gasteiger partial charge in [0.15, 0.2) is 5.78 Å². The van der Waals surface area contributed by atoms with Crippen LogP contribution in [-0.2, 0) is 13.2 Å². The number of fused-ring (bicyclic) bond motifs is 2. The number of nitrogens with zero attached hydrogens (tertiary/aromatic N) is 4. The van der Waals surface area contributed by atoms with E-state index in [2.05, 4.69) is 19.5 Å². The molecule has 3 heterocycles. The van der Waals surface area contributed by atoms with Crippen LogP contribution in [0.2, 0.25) is 0 Å². The second kappa shape index (κ2) is 10.7. The number of aromatic nitrogens is 4. The number of carbonyl (C=O) groups is 2. The molecule has 0 fully saturated rings. The fourth-order valence-corrected chi connectivity index (χ4v) is 5.02. The first-order valence-electron chi connectivity index (χ1n) is 13.3. The van der Waals surface area contributed by atoms with Gasteiger partial charge in [0.05, 0.1) is 22.8 Å². The van der Waals surface area contributed by atoms with E-state index in [0.29, 0.717) is 40.9 Å². The van der Waals surface area contributed by atoms with Crippen LogP contribution in [0, 0.1) is 6.92 Å². The van der Waals surface area contributed by atoms with Crippen LogP contribution < -0.4 is 4.74 Å². The van der Waals surface area contributed by atoms with Gasteiger partial charge in [0, 0.05) is 43.9 Å². The van der Waals surface area contributed by atoms with Crippen molar-refractivity contribution in [3.05, 3.63) is 125 Å². The van der Waals surface area contributed by atoms with E-state index in [0.717, 1.165) is 28.0 Å². The maximum absolute atomic E-state index is 13.9. The van der Waals surface area contributed by atoms with Crippen molar-refractivity contribution >= 4 is 33.6 Å². The van der Waals surface area contributed by atoms with Gasteiger partial charge in [-0.15, -0.1) is 0 Å². The lowest BCUT2D eigenvalue weighted by Gasteiger charge is -2.11. The highest BCUT2D eigenvalue weighted by atomic mass is 16.5. The first-order valence-corrected chi connectivity index (χ1v) is 13.3. The Bertz CT molecular complexity index is 1890. The molecule has 1 N–H and O–H groups in total. The molecule has 0 bridgehead atoms. The zero-order chi connectivity index (χ0) is 28.5. The molecule has 3 aromatic heterocycles. The standard InChI is InChI=1S/C33H29N5O3/c1-21-35-28-18-34-16-15-29(28)38(21)19-22-9-11-24(12-10-22)32(39)30-26-14-13-25(41-20-23-7-5-4-6-8-23)17-27(26)36-31(30)33(40)37(2)3/h4-18,36H,19-20H2,1-3H3. The van der Waals surface area contributed by atoms with Gasteiger partial charge in [0.2, 0.25) is 0 Å². The summed E-state index contributed by atoms with van der Waals surface area (Å²) in [5, 5.41) is 0.672. The van der Waals surface area contributed by atoms with Crippen LogP contribution in [-0.4, -0.2) is 50.2 Å². The summed E-state index contributed by atoms with van der Waals surface area (Å²) in [6, 6.07) is 24.9. The summed E-state index contributed by atoms with van der Waals surface area (Å²) < 4.78 is 8.11. The Labute approximate surface area is 237 Å². The summed E-state index contributed by atoms with van der Waals surface area (Å²) in [6.07, 6.45) is 3.51. The molecule has 8 nitrogen and oxygen atoms in total. The van der Waals surface area contributed by atoms with Crippen LogP contribution in [0.3, 0.4) is 0 Å². The van der Waals surface area contributed by atoms with Gasteiger partial charge in [0.25, 0.3) is 5.91 Å². The van der Waals surface area contributed by atoms with Crippen molar-refractivity contribution < 1.29 is 14.3 Å². The lowest BCUT2D eigenvalue weighted by Crippen LogP contribution is -2.24. The van der Waals surface area contributed by atoms with Crippen LogP contribution >= 0.6 is 0 Å². The number of aryl methyl sites for hydroxylation is 1. The monoisotopic (exact) mass is 543 g/mol. The van der Waals surface area contributed by atoms with Crippen molar-refractivity contribution in [1.29, 1.82) is 0 Å². The Balaban J connectivity index is 1.30. The number of imidazole rings is 1. The second-order valence-electron chi connectivity index (χ2n) is 10.2. The third-order valence-corrected chi connectivity index (χ3v) is 7.16. The number of benzene rings is 3. The van der Waals surface area contributed by atoms with Crippen molar-refractivity contribution in [2.75, 3.05) is 14.1 Å². The largest absolute Gasteiger partial charge is 0.489 e. The lowest BCUT2D eigenvalue weighted by molar-refractivity contribution is 0.0817. The highest BCUT2D eigenvalue weighted by Gasteiger charge is 2.25. The van der Waals surface area contributed by atoms with Gasteiger partial charge in [-0.3, -0.25) is 14.6 Å². The summed E-state index contributed by atoms with van der Waals surface area (Å²) >= 11 is 0. The van der Waals surface area contributed by atoms with E-state index >= 15 is 0 Å². The molecule has 0 aliphatic rings. The minimum Gasteiger partial charge on any atom is -0.489 e. The molecule has 0 aliphatic heterocycles. The van der Waals surface area contributed by atoms with Gasteiger partial charge < -0.3 is 19.2 Å². The number of nitrogens with one attached hydrogen (secondary N) is 1. The molecule has 0 radical (unpaired) electrons. The van der Waals surface area contributed by atoms with Crippen LogP contribution in [0.25, 0.3) is 21.9 Å². The summed E-state index contributed by atoms with van der Waals surface area (Å²) in [4.78, 5) is 40.4. The Hall–Kier alpha value is -5.24. The predicted octanol–water partition coefficient (Wildman–Crippen LogP) is 5.78. The molecule has 0 aliphatic carbocycles. The minimum atomic E-state index is -0.273. The quantitative estimate of drug-likeness (QED) is 0.246. The number of ketones is 1. The normalized spacial score (nSPS) is 11.2. The zero-order valence-electron chi connectivity index (χ0n) is 23.1. The number of rotatable bonds is 8. The number of carbonyl (C=O) groups excluding carboxylic acids is 2. The highest BCUT2D eigenvalue weighted by Crippen LogP contribution is 2.30. The van der Waals surface area contributed by atoms with Crippen LogP contribution in [0.15, 0.2) is 91.3 Å². The molecule has 204 valence electrons. The van der Waals surface area contributed by atoms with Gasteiger partial charge in [-0.25, -0.2) is 4.98 Å². The Kier molecular flexibility index (Phi) is 6.81. The fourth-order valence-electron chi connectivity index (χ4n) is 5.02. The van der Waals surface area contributed by atoms with Gasteiger partial charge >= 0.3 is 0 Å². The number of H-pyrrole nitrogens is 1. The average Bonchev–Trinajstić information content (AvgIpc) is 3.53. The molecule has 8 heteroatoms. The van der Waals surface area contributed by atoms with E-state index < -0.39 is 0 Å². The fraction of sp³-hybridized carbons (Fsp3) is 0.152. The van der Waals surface area contributed by atoms with E-state index in [1.807, 2.05) is 85.8 Å². The first-order chi connectivity index (χ1) is 19.9. The van der Waals surface area contributed by atoms with Gasteiger partial charge in [0.1, 0.15) is 29.4 Å². The molecular formula is C33H29N5O3. The van der Waals surface area contributed by atoms with E-state index in [1.165, 1.54) is 4.90 Å². The van der Waals surface area contributed by atoms with Crippen molar-refractivity contribution in [3.8, 4) is 5.75 Å². The third-order valence-electron chi connectivity index (χ3n) is 7.16. The summed E-state index contributed by atoms with van der Waals surface area (Å²) in [5.74, 6) is 1.05. The summed E-state index contributed by atoms with van der Waals surface area (Å²) in [7, 11) is 3.34. The molecule has 0 atom stereocenters. The van der Waals surface area contributed by atoms with E-state index in [-0.39, 0.29) is 17.4 Å². The SMILES string of the molecule is Cc1nc2cnccc2n1Cc1ccc(C(=O)c2c(C(=O)N(C)C)[nH]c3cc(OCc4ccccc4)ccc23)cc1. The second-order valence-corrected chi connectivity index (χ2v) is 10.2. The van der Waals surface area contributed by atoms with Crippen molar-refractivity contribution in [2.45, 2.75) is 20.1 Å². The maximum Gasteiger partial charge on any atom is 0.270 e. The van der Waals surface area contributed by atoms with Crippen LogP contribution in [0.4, 0.5) is 0 Å². The molecule has 6 rings (SSSR count). The molecular weight excluding hydrogens is 514 g/mol. The van der Waals surface area contributed by atoms with Crippen LogP contribution in [0.1, 0.15) is 43.4 Å². The molecule has 0 spiro atoms. The van der Waals surface area contributed by atoms with Crippen molar-refractivity contribution in [3.63, 3.8) is 0 Å². The van der Waals surface area contributed by atoms with Gasteiger partial charge in [-0.2, -0.15) is 0 Å². The van der Waals surface area contributed by atoms with Gasteiger partial charge in [-0.1, -0.05) is 54.6 Å². The topological polar surface area (TPSA) is 93.1 Å². The molecule has 0 saturated carbocycles. The lowest BCUT2D eigenvalue weighted by atomic mass is 9.98. The number of pyridine rings is 1. The molecule has 0 saturated heterocycles. The zero-order valence-corrected chi connectivity index (χ0v) is 23.1. The summed E-state index contributed by atoms with van der Waals surface area (Å²) in [5.41, 5.74) is 5.72. The number of aromatic amines is 1. The highest BCUT2D eigenvalue weighted by molar-refractivity contribution is 6.22.